The summed E-state index contributed by atoms with van der Waals surface area (Å²) in [6.07, 6.45) is 7.13. The van der Waals surface area contributed by atoms with E-state index >= 15 is 0 Å². The molecule has 1 aliphatic rings. The second-order valence-corrected chi connectivity index (χ2v) is 6.91. The summed E-state index contributed by atoms with van der Waals surface area (Å²) in [6, 6.07) is 0.115. The highest BCUT2D eigenvalue weighted by Crippen LogP contribution is 2.19. The van der Waals surface area contributed by atoms with E-state index in [0.717, 1.165) is 37.4 Å². The van der Waals surface area contributed by atoms with Crippen molar-refractivity contribution in [3.05, 3.63) is 34.7 Å². The Bertz CT molecular complexity index is 658. The Morgan fingerprint density at radius 1 is 1.43 bits per heavy atom. The molecule has 0 unspecified atom stereocenters. The van der Waals surface area contributed by atoms with Crippen LogP contribution in [0.1, 0.15) is 48.1 Å². The van der Waals surface area contributed by atoms with E-state index in [4.69, 9.17) is 0 Å². The van der Waals surface area contributed by atoms with Gasteiger partial charge in [0.2, 0.25) is 0 Å². The molecule has 1 fully saturated rings. The molecule has 1 aliphatic heterocycles. The van der Waals surface area contributed by atoms with Crippen molar-refractivity contribution < 1.29 is 4.79 Å². The number of hydrogen-bond donors (Lipinski definition) is 1. The number of anilines is 1. The molecule has 2 aromatic heterocycles. The summed E-state index contributed by atoms with van der Waals surface area (Å²) in [5, 5.41) is 5.62. The van der Waals surface area contributed by atoms with E-state index in [1.807, 2.05) is 5.38 Å². The molecule has 1 amide bonds. The maximum Gasteiger partial charge on any atom is 0.280 e. The number of aromatic nitrogens is 3. The lowest BCUT2D eigenvalue weighted by molar-refractivity contribution is 0.0932. The Morgan fingerprint density at radius 3 is 3.00 bits per heavy atom. The Labute approximate surface area is 140 Å². The third kappa shape index (κ3) is 3.85. The first-order chi connectivity index (χ1) is 11.1. The molecular weight excluding hydrogens is 310 g/mol. The Balaban J connectivity index is 1.62. The van der Waals surface area contributed by atoms with E-state index < -0.39 is 0 Å². The van der Waals surface area contributed by atoms with Crippen molar-refractivity contribution in [3.63, 3.8) is 0 Å². The van der Waals surface area contributed by atoms with Gasteiger partial charge in [-0.3, -0.25) is 9.78 Å². The van der Waals surface area contributed by atoms with Crippen LogP contribution in [0.4, 0.5) is 5.82 Å². The quantitative estimate of drug-likeness (QED) is 0.932. The van der Waals surface area contributed by atoms with Crippen molar-refractivity contribution in [2.45, 2.75) is 38.6 Å². The number of piperidine rings is 1. The van der Waals surface area contributed by atoms with Gasteiger partial charge in [0.1, 0.15) is 5.82 Å². The van der Waals surface area contributed by atoms with Gasteiger partial charge in [-0.15, -0.1) is 11.3 Å². The monoisotopic (exact) mass is 331 g/mol. The molecule has 3 rings (SSSR count). The fourth-order valence-electron chi connectivity index (χ4n) is 2.66. The summed E-state index contributed by atoms with van der Waals surface area (Å²) in [6.45, 7) is 5.86. The minimum absolute atomic E-state index is 0.0760. The first-order valence-corrected chi connectivity index (χ1v) is 8.78. The number of carbonyl (C=O) groups is 1. The van der Waals surface area contributed by atoms with Crippen LogP contribution in [-0.2, 0) is 0 Å². The third-order valence-electron chi connectivity index (χ3n) is 3.94. The van der Waals surface area contributed by atoms with Crippen molar-refractivity contribution >= 4 is 23.1 Å². The lowest BCUT2D eigenvalue weighted by Gasteiger charge is -2.33. The van der Waals surface area contributed by atoms with Crippen LogP contribution in [0.3, 0.4) is 0 Å². The second kappa shape index (κ2) is 7.04. The van der Waals surface area contributed by atoms with Crippen molar-refractivity contribution in [2.75, 3.05) is 18.0 Å². The highest BCUT2D eigenvalue weighted by Gasteiger charge is 2.24. The van der Waals surface area contributed by atoms with E-state index in [0.29, 0.717) is 10.9 Å². The molecule has 2 aromatic rings. The van der Waals surface area contributed by atoms with Gasteiger partial charge < -0.3 is 10.2 Å². The average Bonchev–Trinajstić information content (AvgIpc) is 3.06. The highest BCUT2D eigenvalue weighted by atomic mass is 32.1. The van der Waals surface area contributed by atoms with Crippen molar-refractivity contribution in [1.29, 1.82) is 0 Å². The molecule has 7 heteroatoms. The molecule has 0 aliphatic carbocycles. The van der Waals surface area contributed by atoms with Crippen LogP contribution in [0.25, 0.3) is 0 Å². The first kappa shape index (κ1) is 15.9. The fraction of sp³-hybridized carbons (Fsp3) is 0.500. The van der Waals surface area contributed by atoms with Crippen LogP contribution < -0.4 is 10.2 Å². The van der Waals surface area contributed by atoms with Crippen molar-refractivity contribution in [1.82, 2.24) is 20.3 Å². The molecule has 1 saturated heterocycles. The van der Waals surface area contributed by atoms with Gasteiger partial charge in [-0.05, 0) is 18.8 Å². The van der Waals surface area contributed by atoms with Crippen molar-refractivity contribution in [3.8, 4) is 0 Å². The smallest absolute Gasteiger partial charge is 0.280 e. The molecule has 23 heavy (non-hydrogen) atoms. The molecule has 0 saturated carbocycles. The third-order valence-corrected chi connectivity index (χ3v) is 4.80. The van der Waals surface area contributed by atoms with Crippen LogP contribution in [0.2, 0.25) is 0 Å². The zero-order valence-electron chi connectivity index (χ0n) is 13.4. The Morgan fingerprint density at radius 2 is 2.30 bits per heavy atom. The SMILES string of the molecule is CC(C)c1csc(C(=O)N[C@@H]2CCCN(c3cnccn3)C2)n1. The fourth-order valence-corrected chi connectivity index (χ4v) is 3.54. The average molecular weight is 331 g/mol. The first-order valence-electron chi connectivity index (χ1n) is 7.90. The van der Waals surface area contributed by atoms with Gasteiger partial charge in [-0.2, -0.15) is 0 Å². The number of nitrogens with one attached hydrogen (secondary N) is 1. The molecule has 1 atom stereocenters. The molecule has 3 heterocycles. The van der Waals surface area contributed by atoms with Gasteiger partial charge in [0.15, 0.2) is 5.01 Å². The highest BCUT2D eigenvalue weighted by molar-refractivity contribution is 7.11. The second-order valence-electron chi connectivity index (χ2n) is 6.05. The largest absolute Gasteiger partial charge is 0.353 e. The van der Waals surface area contributed by atoms with E-state index in [2.05, 4.69) is 39.0 Å². The van der Waals surface area contributed by atoms with Crippen LogP contribution in [0, 0.1) is 0 Å². The maximum absolute atomic E-state index is 12.4. The van der Waals surface area contributed by atoms with Gasteiger partial charge in [0.25, 0.3) is 5.91 Å². The van der Waals surface area contributed by atoms with E-state index in [1.54, 1.807) is 18.6 Å². The number of amides is 1. The summed E-state index contributed by atoms with van der Waals surface area (Å²) in [5.74, 6) is 1.13. The van der Waals surface area contributed by atoms with Gasteiger partial charge in [0.05, 0.1) is 11.9 Å². The molecule has 1 N–H and O–H groups in total. The molecule has 6 nitrogen and oxygen atoms in total. The maximum atomic E-state index is 12.4. The predicted molar refractivity (Wildman–Crippen MR) is 90.9 cm³/mol. The summed E-state index contributed by atoms with van der Waals surface area (Å²) in [5.41, 5.74) is 0.977. The normalized spacial score (nSPS) is 18.2. The van der Waals surface area contributed by atoms with Crippen LogP contribution in [0.15, 0.2) is 24.0 Å². The lowest BCUT2D eigenvalue weighted by Crippen LogP contribution is -2.48. The van der Waals surface area contributed by atoms with Gasteiger partial charge in [0, 0.05) is 36.9 Å². The van der Waals surface area contributed by atoms with E-state index in [1.165, 1.54) is 11.3 Å². The number of rotatable bonds is 4. The standard InChI is InChI=1S/C16H21N5OS/c1-11(2)13-10-23-16(20-13)15(22)19-12-4-3-7-21(9-12)14-8-17-5-6-18-14/h5-6,8,10-12H,3-4,7,9H2,1-2H3,(H,19,22)/t12-/m1/s1. The number of nitrogens with zero attached hydrogens (tertiary/aromatic N) is 4. The van der Waals surface area contributed by atoms with Crippen LogP contribution >= 0.6 is 11.3 Å². The van der Waals surface area contributed by atoms with Gasteiger partial charge in [-0.25, -0.2) is 9.97 Å². The summed E-state index contributed by atoms with van der Waals surface area (Å²) in [4.78, 5) is 27.4. The number of thiazole rings is 1. The molecule has 0 radical (unpaired) electrons. The Hall–Kier alpha value is -2.02. The summed E-state index contributed by atoms with van der Waals surface area (Å²) in [7, 11) is 0. The molecule has 122 valence electrons. The summed E-state index contributed by atoms with van der Waals surface area (Å²) < 4.78 is 0. The van der Waals surface area contributed by atoms with Gasteiger partial charge >= 0.3 is 0 Å². The Kier molecular flexibility index (Phi) is 4.85. The minimum atomic E-state index is -0.0760. The summed E-state index contributed by atoms with van der Waals surface area (Å²) >= 11 is 1.41. The molecule has 0 spiro atoms. The van der Waals surface area contributed by atoms with Gasteiger partial charge in [-0.1, -0.05) is 13.8 Å². The minimum Gasteiger partial charge on any atom is -0.353 e. The predicted octanol–water partition coefficient (Wildman–Crippen LogP) is 2.46. The van der Waals surface area contributed by atoms with E-state index in [9.17, 15) is 4.79 Å². The molecular formula is C16H21N5OS. The van der Waals surface area contributed by atoms with Crippen LogP contribution in [0.5, 0.6) is 0 Å². The van der Waals surface area contributed by atoms with Crippen LogP contribution in [-0.4, -0.2) is 40.0 Å². The lowest BCUT2D eigenvalue weighted by atomic mass is 10.1. The molecule has 0 bridgehead atoms. The van der Waals surface area contributed by atoms with Crippen molar-refractivity contribution in [2.24, 2.45) is 0 Å². The van der Waals surface area contributed by atoms with E-state index in [-0.39, 0.29) is 11.9 Å². The number of carbonyl (C=O) groups excluding carboxylic acids is 1. The zero-order chi connectivity index (χ0) is 16.2. The zero-order valence-corrected chi connectivity index (χ0v) is 14.2. The molecule has 0 aromatic carbocycles. The topological polar surface area (TPSA) is 71.0 Å². The number of hydrogen-bond acceptors (Lipinski definition) is 6.